The van der Waals surface area contributed by atoms with Crippen LogP contribution >= 0.6 is 0 Å². The molecule has 2 aromatic rings. The highest BCUT2D eigenvalue weighted by molar-refractivity contribution is 5.93. The van der Waals surface area contributed by atoms with Crippen molar-refractivity contribution in [1.82, 2.24) is 9.88 Å². The second kappa shape index (κ2) is 6.89. The van der Waals surface area contributed by atoms with Crippen molar-refractivity contribution in [2.45, 2.75) is 20.4 Å². The van der Waals surface area contributed by atoms with Gasteiger partial charge in [-0.1, -0.05) is 37.3 Å². The molecule has 1 N–H and O–H groups in total. The van der Waals surface area contributed by atoms with Gasteiger partial charge in [-0.25, -0.2) is 4.98 Å². The zero-order chi connectivity index (χ0) is 16.1. The van der Waals surface area contributed by atoms with Crippen molar-refractivity contribution in [3.63, 3.8) is 0 Å². The fourth-order valence-electron chi connectivity index (χ4n) is 2.09. The van der Waals surface area contributed by atoms with E-state index in [1.807, 2.05) is 30.3 Å². The van der Waals surface area contributed by atoms with Crippen molar-refractivity contribution in [3.05, 3.63) is 53.7 Å². The zero-order valence-corrected chi connectivity index (χ0v) is 12.5. The molecule has 0 aliphatic rings. The van der Waals surface area contributed by atoms with Crippen molar-refractivity contribution >= 4 is 11.9 Å². The van der Waals surface area contributed by atoms with Crippen LogP contribution in [0.2, 0.25) is 0 Å². The summed E-state index contributed by atoms with van der Waals surface area (Å²) in [5.41, 5.74) is 1.14. The number of carbonyl (C=O) groups excluding carboxylic acids is 1. The van der Waals surface area contributed by atoms with Gasteiger partial charge >= 0.3 is 5.97 Å². The Hall–Kier alpha value is -2.63. The lowest BCUT2D eigenvalue weighted by molar-refractivity contribution is -0.141. The Labute approximate surface area is 128 Å². The van der Waals surface area contributed by atoms with E-state index in [4.69, 9.17) is 9.52 Å². The lowest BCUT2D eigenvalue weighted by Gasteiger charge is -2.24. The third-order valence-corrected chi connectivity index (χ3v) is 3.37. The lowest BCUT2D eigenvalue weighted by Crippen LogP contribution is -2.37. The Bertz CT molecular complexity index is 651. The molecule has 0 radical (unpaired) electrons. The molecule has 0 aliphatic heterocycles. The van der Waals surface area contributed by atoms with E-state index in [2.05, 4.69) is 4.98 Å². The molecule has 1 heterocycles. The molecule has 1 amide bonds. The van der Waals surface area contributed by atoms with Gasteiger partial charge in [-0.2, -0.15) is 0 Å². The first-order valence-electron chi connectivity index (χ1n) is 6.95. The van der Waals surface area contributed by atoms with Gasteiger partial charge in [0, 0.05) is 13.1 Å². The number of nitrogens with zero attached hydrogens (tertiary/aromatic N) is 2. The van der Waals surface area contributed by atoms with E-state index in [9.17, 15) is 9.59 Å². The Morgan fingerprint density at radius 2 is 2.00 bits per heavy atom. The van der Waals surface area contributed by atoms with Crippen LogP contribution in [0.15, 0.2) is 41.1 Å². The van der Waals surface area contributed by atoms with Crippen molar-refractivity contribution in [2.24, 2.45) is 5.92 Å². The first-order chi connectivity index (χ1) is 10.5. The van der Waals surface area contributed by atoms with Crippen LogP contribution in [0.4, 0.5) is 0 Å². The average Bonchev–Trinajstić information content (AvgIpc) is 2.92. The predicted molar refractivity (Wildman–Crippen MR) is 79.2 cm³/mol. The minimum atomic E-state index is -0.942. The standard InChI is InChI=1S/C16H18N2O4/c1-11(16(20)21)8-18(9-13-6-4-3-5-7-13)15(19)14-12(2)22-10-17-14/h3-7,10-11H,8-9H2,1-2H3,(H,20,21)/t11-/m0/s1. The van der Waals surface area contributed by atoms with E-state index in [0.717, 1.165) is 5.56 Å². The fraction of sp³-hybridized carbons (Fsp3) is 0.312. The molecule has 1 aromatic carbocycles. The van der Waals surface area contributed by atoms with Gasteiger partial charge < -0.3 is 14.4 Å². The van der Waals surface area contributed by atoms with E-state index in [-0.39, 0.29) is 18.1 Å². The molecule has 0 spiro atoms. The third-order valence-electron chi connectivity index (χ3n) is 3.37. The summed E-state index contributed by atoms with van der Waals surface area (Å²) in [4.78, 5) is 29.1. The minimum absolute atomic E-state index is 0.107. The third kappa shape index (κ3) is 3.72. The van der Waals surface area contributed by atoms with Crippen molar-refractivity contribution in [2.75, 3.05) is 6.54 Å². The maximum Gasteiger partial charge on any atom is 0.308 e. The topological polar surface area (TPSA) is 83.6 Å². The number of amides is 1. The summed E-state index contributed by atoms with van der Waals surface area (Å²) in [5, 5.41) is 9.09. The molecule has 0 aliphatic carbocycles. The summed E-state index contributed by atoms with van der Waals surface area (Å²) in [5.74, 6) is -1.52. The van der Waals surface area contributed by atoms with Crippen molar-refractivity contribution in [1.29, 1.82) is 0 Å². The molecule has 2 rings (SSSR count). The maximum absolute atomic E-state index is 12.6. The lowest BCUT2D eigenvalue weighted by atomic mass is 10.1. The number of carboxylic acid groups (broad SMARTS) is 1. The number of oxazole rings is 1. The quantitative estimate of drug-likeness (QED) is 0.885. The molecule has 116 valence electrons. The Morgan fingerprint density at radius 1 is 1.32 bits per heavy atom. The predicted octanol–water partition coefficient (Wildman–Crippen LogP) is 2.35. The number of hydrogen-bond donors (Lipinski definition) is 1. The van der Waals surface area contributed by atoms with Crippen LogP contribution in [-0.4, -0.2) is 33.4 Å². The molecule has 1 atom stereocenters. The molecule has 0 bridgehead atoms. The van der Waals surface area contributed by atoms with Gasteiger partial charge in [0.15, 0.2) is 12.1 Å². The van der Waals surface area contributed by atoms with Crippen LogP contribution in [0.1, 0.15) is 28.7 Å². The van der Waals surface area contributed by atoms with Gasteiger partial charge in [-0.3, -0.25) is 9.59 Å². The first-order valence-corrected chi connectivity index (χ1v) is 6.95. The smallest absolute Gasteiger partial charge is 0.308 e. The number of aliphatic carboxylic acids is 1. The van der Waals surface area contributed by atoms with Gasteiger partial charge in [-0.15, -0.1) is 0 Å². The SMILES string of the molecule is Cc1ocnc1C(=O)N(Cc1ccccc1)C[C@H](C)C(=O)O. The van der Waals surface area contributed by atoms with Gasteiger partial charge in [0.2, 0.25) is 0 Å². The monoisotopic (exact) mass is 302 g/mol. The number of carbonyl (C=O) groups is 2. The summed E-state index contributed by atoms with van der Waals surface area (Å²) >= 11 is 0. The highest BCUT2D eigenvalue weighted by Gasteiger charge is 2.25. The molecule has 0 saturated heterocycles. The van der Waals surface area contributed by atoms with Crippen LogP contribution in [0, 0.1) is 12.8 Å². The molecule has 0 unspecified atom stereocenters. The highest BCUT2D eigenvalue weighted by Crippen LogP contribution is 2.14. The number of hydrogen-bond acceptors (Lipinski definition) is 4. The second-order valence-electron chi connectivity index (χ2n) is 5.17. The maximum atomic E-state index is 12.6. The van der Waals surface area contributed by atoms with Crippen LogP contribution in [-0.2, 0) is 11.3 Å². The second-order valence-corrected chi connectivity index (χ2v) is 5.17. The molecular weight excluding hydrogens is 284 g/mol. The summed E-state index contributed by atoms with van der Waals surface area (Å²) < 4.78 is 5.06. The normalized spacial score (nSPS) is 11.9. The molecule has 6 heteroatoms. The van der Waals surface area contributed by atoms with Gasteiger partial charge in [0.1, 0.15) is 5.76 Å². The largest absolute Gasteiger partial charge is 0.481 e. The van der Waals surface area contributed by atoms with E-state index in [1.54, 1.807) is 13.8 Å². The van der Waals surface area contributed by atoms with Crippen LogP contribution in [0.5, 0.6) is 0 Å². The number of benzene rings is 1. The zero-order valence-electron chi connectivity index (χ0n) is 12.5. The van der Waals surface area contributed by atoms with E-state index in [0.29, 0.717) is 12.3 Å². The molecular formula is C16H18N2O4. The summed E-state index contributed by atoms with van der Waals surface area (Å²) in [6.45, 7) is 3.66. The Kier molecular flexibility index (Phi) is 4.93. The van der Waals surface area contributed by atoms with Gasteiger partial charge in [0.25, 0.3) is 5.91 Å². The van der Waals surface area contributed by atoms with E-state index >= 15 is 0 Å². The number of aryl methyl sites for hydroxylation is 1. The van der Waals surface area contributed by atoms with Crippen LogP contribution in [0.25, 0.3) is 0 Å². The minimum Gasteiger partial charge on any atom is -0.481 e. The highest BCUT2D eigenvalue weighted by atomic mass is 16.4. The number of aromatic nitrogens is 1. The average molecular weight is 302 g/mol. The van der Waals surface area contributed by atoms with Gasteiger partial charge in [0.05, 0.1) is 5.92 Å². The van der Waals surface area contributed by atoms with E-state index in [1.165, 1.54) is 11.3 Å². The van der Waals surface area contributed by atoms with Crippen LogP contribution in [0.3, 0.4) is 0 Å². The fourth-order valence-corrected chi connectivity index (χ4v) is 2.09. The molecule has 1 aromatic heterocycles. The molecule has 6 nitrogen and oxygen atoms in total. The van der Waals surface area contributed by atoms with Crippen LogP contribution < -0.4 is 0 Å². The number of rotatable bonds is 6. The molecule has 0 fully saturated rings. The molecule has 22 heavy (non-hydrogen) atoms. The molecule has 0 saturated carbocycles. The Morgan fingerprint density at radius 3 is 2.55 bits per heavy atom. The number of carboxylic acids is 1. The van der Waals surface area contributed by atoms with Crippen molar-refractivity contribution in [3.8, 4) is 0 Å². The Balaban J connectivity index is 2.23. The summed E-state index contributed by atoms with van der Waals surface area (Å²) in [6.07, 6.45) is 1.21. The summed E-state index contributed by atoms with van der Waals surface area (Å²) in [7, 11) is 0. The summed E-state index contributed by atoms with van der Waals surface area (Å²) in [6, 6.07) is 9.42. The first kappa shape index (κ1) is 15.8. The van der Waals surface area contributed by atoms with Crippen molar-refractivity contribution < 1.29 is 19.1 Å². The van der Waals surface area contributed by atoms with E-state index < -0.39 is 11.9 Å². The van der Waals surface area contributed by atoms with Gasteiger partial charge in [-0.05, 0) is 12.5 Å².